The number of benzene rings is 2. The van der Waals surface area contributed by atoms with Crippen LogP contribution in [0, 0.1) is 5.82 Å². The van der Waals surface area contributed by atoms with E-state index in [2.05, 4.69) is 15.5 Å². The van der Waals surface area contributed by atoms with Gasteiger partial charge in [0.25, 0.3) is 0 Å². The van der Waals surface area contributed by atoms with Crippen LogP contribution in [0.2, 0.25) is 5.02 Å². The van der Waals surface area contributed by atoms with Crippen LogP contribution in [0.15, 0.2) is 53.7 Å². The number of rotatable bonds is 4. The number of thioether (sulfide) groups is 1. The molecular formula is C15H12ClFN4S. The molecule has 22 heavy (non-hydrogen) atoms. The van der Waals surface area contributed by atoms with Gasteiger partial charge in [-0.1, -0.05) is 41.6 Å². The van der Waals surface area contributed by atoms with Crippen LogP contribution in [-0.2, 0) is 0 Å². The Balaban J connectivity index is 1.84. The van der Waals surface area contributed by atoms with Crippen molar-refractivity contribution < 1.29 is 4.39 Å². The fraction of sp³-hybridized carbons (Fsp3) is 0.133. The Morgan fingerprint density at radius 3 is 2.68 bits per heavy atom. The van der Waals surface area contributed by atoms with Gasteiger partial charge in [0.05, 0.1) is 5.69 Å². The molecule has 0 aliphatic rings. The van der Waals surface area contributed by atoms with Gasteiger partial charge in [-0.3, -0.25) is 0 Å². The van der Waals surface area contributed by atoms with Crippen LogP contribution in [0.25, 0.3) is 5.69 Å². The van der Waals surface area contributed by atoms with Crippen LogP contribution in [-0.4, -0.2) is 20.2 Å². The maximum Gasteiger partial charge on any atom is 0.214 e. The molecule has 0 amide bonds. The molecule has 112 valence electrons. The van der Waals surface area contributed by atoms with E-state index in [9.17, 15) is 4.39 Å². The predicted octanol–water partition coefficient (Wildman–Crippen LogP) is 4.31. The van der Waals surface area contributed by atoms with Crippen LogP contribution in [0.1, 0.15) is 17.7 Å². The lowest BCUT2D eigenvalue weighted by molar-refractivity contribution is 0.627. The van der Waals surface area contributed by atoms with Gasteiger partial charge in [-0.2, -0.15) is 4.68 Å². The topological polar surface area (TPSA) is 43.6 Å². The normalized spacial score (nSPS) is 12.3. The van der Waals surface area contributed by atoms with E-state index in [0.29, 0.717) is 10.2 Å². The Kier molecular flexibility index (Phi) is 4.40. The van der Waals surface area contributed by atoms with Gasteiger partial charge in [-0.15, -0.1) is 5.10 Å². The molecule has 1 atom stereocenters. The van der Waals surface area contributed by atoms with E-state index in [0.717, 1.165) is 11.3 Å². The second kappa shape index (κ2) is 6.46. The molecule has 0 saturated carbocycles. The largest absolute Gasteiger partial charge is 0.214 e. The second-order valence-electron chi connectivity index (χ2n) is 4.66. The summed E-state index contributed by atoms with van der Waals surface area (Å²) < 4.78 is 14.6. The highest BCUT2D eigenvalue weighted by atomic mass is 35.5. The van der Waals surface area contributed by atoms with Crippen molar-refractivity contribution in [3.63, 3.8) is 0 Å². The molecule has 3 rings (SSSR count). The van der Waals surface area contributed by atoms with Crippen molar-refractivity contribution in [1.29, 1.82) is 0 Å². The third kappa shape index (κ3) is 3.28. The Morgan fingerprint density at radius 2 is 1.95 bits per heavy atom. The fourth-order valence-electron chi connectivity index (χ4n) is 1.98. The molecule has 0 N–H and O–H groups in total. The molecule has 1 heterocycles. The Bertz CT molecular complexity index is 775. The second-order valence-corrected chi connectivity index (χ2v) is 6.41. The minimum Gasteiger partial charge on any atom is -0.207 e. The zero-order valence-electron chi connectivity index (χ0n) is 11.6. The number of nitrogens with zero attached hydrogens (tertiary/aromatic N) is 4. The van der Waals surface area contributed by atoms with E-state index in [1.54, 1.807) is 28.9 Å². The lowest BCUT2D eigenvalue weighted by atomic mass is 10.2. The number of halogens is 2. The summed E-state index contributed by atoms with van der Waals surface area (Å²) in [6.45, 7) is 2.02. The van der Waals surface area contributed by atoms with E-state index in [1.807, 2.05) is 19.1 Å². The van der Waals surface area contributed by atoms with Gasteiger partial charge >= 0.3 is 0 Å². The third-order valence-electron chi connectivity index (χ3n) is 3.12. The third-order valence-corrected chi connectivity index (χ3v) is 4.44. The van der Waals surface area contributed by atoms with Gasteiger partial charge in [-0.05, 0) is 53.2 Å². The molecule has 0 fully saturated rings. The maximum atomic E-state index is 13.0. The van der Waals surface area contributed by atoms with Crippen molar-refractivity contribution >= 4 is 23.4 Å². The predicted molar refractivity (Wildman–Crippen MR) is 84.8 cm³/mol. The quantitative estimate of drug-likeness (QED) is 0.667. The van der Waals surface area contributed by atoms with E-state index in [4.69, 9.17) is 11.6 Å². The van der Waals surface area contributed by atoms with Crippen molar-refractivity contribution in [2.24, 2.45) is 0 Å². The van der Waals surface area contributed by atoms with Gasteiger partial charge in [0.2, 0.25) is 5.16 Å². The SMILES string of the molecule is CC(Sc1nnnn1-c1cccc(Cl)c1)c1ccc(F)cc1. The number of tetrazole rings is 1. The molecule has 1 unspecified atom stereocenters. The summed E-state index contributed by atoms with van der Waals surface area (Å²) in [5, 5.41) is 13.1. The van der Waals surface area contributed by atoms with Crippen LogP contribution in [0.3, 0.4) is 0 Å². The van der Waals surface area contributed by atoms with E-state index in [1.165, 1.54) is 23.9 Å². The lowest BCUT2D eigenvalue weighted by Gasteiger charge is -2.11. The van der Waals surface area contributed by atoms with Crippen LogP contribution in [0.4, 0.5) is 4.39 Å². The molecule has 4 nitrogen and oxygen atoms in total. The lowest BCUT2D eigenvalue weighted by Crippen LogP contribution is -2.00. The van der Waals surface area contributed by atoms with Crippen molar-refractivity contribution in [2.75, 3.05) is 0 Å². The zero-order valence-corrected chi connectivity index (χ0v) is 13.2. The number of aromatic nitrogens is 4. The summed E-state index contributed by atoms with van der Waals surface area (Å²) in [5.74, 6) is -0.246. The molecule has 0 spiro atoms. The van der Waals surface area contributed by atoms with Crippen molar-refractivity contribution in [3.8, 4) is 5.69 Å². The number of hydrogen-bond acceptors (Lipinski definition) is 4. The molecule has 7 heteroatoms. The first-order valence-electron chi connectivity index (χ1n) is 6.60. The number of hydrogen-bond donors (Lipinski definition) is 0. The molecule has 1 aromatic heterocycles. The Hall–Kier alpha value is -1.92. The Labute approximate surface area is 136 Å². The summed E-state index contributed by atoms with van der Waals surface area (Å²) in [4.78, 5) is 0. The summed E-state index contributed by atoms with van der Waals surface area (Å²) in [6, 6.07) is 13.7. The highest BCUT2D eigenvalue weighted by Gasteiger charge is 2.15. The zero-order chi connectivity index (χ0) is 15.5. The van der Waals surface area contributed by atoms with Crippen molar-refractivity contribution in [2.45, 2.75) is 17.3 Å². The van der Waals surface area contributed by atoms with Crippen molar-refractivity contribution in [3.05, 3.63) is 64.9 Å². The summed E-state index contributed by atoms with van der Waals surface area (Å²) in [6.07, 6.45) is 0. The molecule has 0 radical (unpaired) electrons. The van der Waals surface area contributed by atoms with Gasteiger partial charge in [0, 0.05) is 10.3 Å². The maximum absolute atomic E-state index is 13.0. The molecule has 0 saturated heterocycles. The average Bonchev–Trinajstić information content (AvgIpc) is 2.96. The van der Waals surface area contributed by atoms with Gasteiger partial charge in [0.15, 0.2) is 0 Å². The summed E-state index contributed by atoms with van der Waals surface area (Å²) in [7, 11) is 0. The average molecular weight is 335 g/mol. The molecule has 0 bridgehead atoms. The summed E-state index contributed by atoms with van der Waals surface area (Å²) in [5.41, 5.74) is 1.80. The highest BCUT2D eigenvalue weighted by Crippen LogP contribution is 2.34. The first-order chi connectivity index (χ1) is 10.6. The minimum absolute atomic E-state index is 0.0875. The van der Waals surface area contributed by atoms with E-state index < -0.39 is 0 Å². The van der Waals surface area contributed by atoms with Crippen LogP contribution < -0.4 is 0 Å². The van der Waals surface area contributed by atoms with Crippen LogP contribution in [0.5, 0.6) is 0 Å². The summed E-state index contributed by atoms with van der Waals surface area (Å²) >= 11 is 7.50. The monoisotopic (exact) mass is 334 g/mol. The highest BCUT2D eigenvalue weighted by molar-refractivity contribution is 7.99. The molecular weight excluding hydrogens is 323 g/mol. The van der Waals surface area contributed by atoms with Gasteiger partial charge in [-0.25, -0.2) is 4.39 Å². The van der Waals surface area contributed by atoms with Gasteiger partial charge < -0.3 is 0 Å². The smallest absolute Gasteiger partial charge is 0.207 e. The molecule has 3 aromatic rings. The van der Waals surface area contributed by atoms with E-state index in [-0.39, 0.29) is 11.1 Å². The standard InChI is InChI=1S/C15H12ClFN4S/c1-10(11-5-7-13(17)8-6-11)22-15-18-19-20-21(15)14-4-2-3-12(16)9-14/h2-10H,1H3. The van der Waals surface area contributed by atoms with Crippen molar-refractivity contribution in [1.82, 2.24) is 20.2 Å². The van der Waals surface area contributed by atoms with Gasteiger partial charge in [0.1, 0.15) is 5.82 Å². The fourth-order valence-corrected chi connectivity index (χ4v) is 3.10. The van der Waals surface area contributed by atoms with E-state index >= 15 is 0 Å². The van der Waals surface area contributed by atoms with Crippen LogP contribution >= 0.6 is 23.4 Å². The molecule has 0 aliphatic carbocycles. The molecule has 2 aromatic carbocycles. The first kappa shape index (κ1) is 15.0. The first-order valence-corrected chi connectivity index (χ1v) is 7.85. The molecule has 0 aliphatic heterocycles. The minimum atomic E-state index is -0.246. The Morgan fingerprint density at radius 1 is 1.18 bits per heavy atom.